The van der Waals surface area contributed by atoms with Crippen LogP contribution < -0.4 is 14.9 Å². The Balaban J connectivity index is 1.46. The van der Waals surface area contributed by atoms with E-state index in [1.54, 1.807) is 13.3 Å². The van der Waals surface area contributed by atoms with Crippen molar-refractivity contribution >= 4 is 28.6 Å². The first-order valence-corrected chi connectivity index (χ1v) is 10.4. The quantitative estimate of drug-likeness (QED) is 0.267. The number of methoxy groups -OCH3 is 1. The van der Waals surface area contributed by atoms with E-state index in [2.05, 4.69) is 34.8 Å². The fraction of sp³-hybridized carbons (Fsp3) is 0.115. The third-order valence-electron chi connectivity index (χ3n) is 4.99. The lowest BCUT2D eigenvalue weighted by molar-refractivity contribution is 0.307. The highest BCUT2D eigenvalue weighted by atomic mass is 35.5. The molecule has 0 radical (unpaired) electrons. The minimum absolute atomic E-state index is 0.457. The van der Waals surface area contributed by atoms with Crippen LogP contribution in [0.3, 0.4) is 0 Å². The van der Waals surface area contributed by atoms with Crippen LogP contribution in [0.1, 0.15) is 16.7 Å². The van der Waals surface area contributed by atoms with Crippen molar-refractivity contribution in [3.63, 3.8) is 0 Å². The molecule has 0 saturated carbocycles. The Kier molecular flexibility index (Phi) is 6.70. The molecule has 4 nitrogen and oxygen atoms in total. The first-order chi connectivity index (χ1) is 15.2. The Bertz CT molecular complexity index is 1200. The zero-order valence-electron chi connectivity index (χ0n) is 17.2. The number of benzene rings is 4. The van der Waals surface area contributed by atoms with Gasteiger partial charge < -0.3 is 14.9 Å². The molecule has 156 valence electrons. The van der Waals surface area contributed by atoms with Crippen molar-refractivity contribution in [2.24, 2.45) is 5.10 Å². The van der Waals surface area contributed by atoms with Gasteiger partial charge >= 0.3 is 0 Å². The van der Waals surface area contributed by atoms with Crippen LogP contribution in [-0.4, -0.2) is 13.3 Å². The molecule has 0 aliphatic heterocycles. The fourth-order valence-electron chi connectivity index (χ4n) is 3.42. The molecule has 0 fully saturated rings. The fourth-order valence-corrected chi connectivity index (χ4v) is 3.60. The molecule has 0 aromatic heterocycles. The summed E-state index contributed by atoms with van der Waals surface area (Å²) in [7, 11) is 1.66. The van der Waals surface area contributed by atoms with E-state index in [-0.39, 0.29) is 0 Å². The van der Waals surface area contributed by atoms with Crippen molar-refractivity contribution in [2.75, 3.05) is 7.11 Å². The molecule has 0 amide bonds. The van der Waals surface area contributed by atoms with Crippen molar-refractivity contribution < 1.29 is 9.47 Å². The minimum atomic E-state index is 0.457. The van der Waals surface area contributed by atoms with Gasteiger partial charge in [0, 0.05) is 16.1 Å². The predicted octanol–water partition coefficient (Wildman–Crippen LogP) is 6.20. The van der Waals surface area contributed by atoms with Crippen LogP contribution in [0.5, 0.6) is 11.5 Å². The number of para-hydroxylation sites is 1. The summed E-state index contributed by atoms with van der Waals surface area (Å²) in [4.78, 5) is 0. The summed E-state index contributed by atoms with van der Waals surface area (Å²) in [6.07, 6.45) is 1.72. The van der Waals surface area contributed by atoms with Crippen molar-refractivity contribution in [1.82, 2.24) is 5.43 Å². The maximum atomic E-state index is 6.21. The van der Waals surface area contributed by atoms with E-state index >= 15 is 0 Å². The lowest BCUT2D eigenvalue weighted by atomic mass is 10.1. The largest absolute Gasteiger partial charge is 0.496 e. The molecule has 4 aromatic rings. The molecule has 0 spiro atoms. The van der Waals surface area contributed by atoms with Gasteiger partial charge in [0.15, 0.2) is 0 Å². The highest BCUT2D eigenvalue weighted by molar-refractivity contribution is 6.30. The summed E-state index contributed by atoms with van der Waals surface area (Å²) in [6.45, 7) is 1.01. The van der Waals surface area contributed by atoms with E-state index in [4.69, 9.17) is 21.1 Å². The molecule has 31 heavy (non-hydrogen) atoms. The van der Waals surface area contributed by atoms with Crippen LogP contribution in [0, 0.1) is 0 Å². The number of ether oxygens (including phenoxy) is 2. The number of nitrogens with one attached hydrogen (secondary N) is 1. The van der Waals surface area contributed by atoms with Crippen molar-refractivity contribution in [1.29, 1.82) is 0 Å². The Hall–Kier alpha value is -3.50. The second kappa shape index (κ2) is 10.0. The smallest absolute Gasteiger partial charge is 0.128 e. The number of hydrogen-bond donors (Lipinski definition) is 1. The van der Waals surface area contributed by atoms with E-state index in [1.165, 1.54) is 10.8 Å². The summed E-state index contributed by atoms with van der Waals surface area (Å²) in [6, 6.07) is 27.9. The average Bonchev–Trinajstić information content (AvgIpc) is 2.81. The number of nitrogens with zero attached hydrogens (tertiary/aromatic N) is 1. The van der Waals surface area contributed by atoms with Gasteiger partial charge in [0.05, 0.1) is 19.9 Å². The van der Waals surface area contributed by atoms with Crippen molar-refractivity contribution in [2.45, 2.75) is 13.2 Å². The number of halogens is 1. The summed E-state index contributed by atoms with van der Waals surface area (Å²) in [5.41, 5.74) is 6.02. The standard InChI is InChI=1S/C26H23ClN2O2/c1-30-25-12-5-3-8-20(25)16-28-29-17-22-15-23(27)13-14-26(22)31-18-21-10-6-9-19-7-2-4-11-24(19)21/h2-15,17,28H,16,18H2,1H3/b29-17-. The zero-order valence-corrected chi connectivity index (χ0v) is 18.0. The topological polar surface area (TPSA) is 42.8 Å². The summed E-state index contributed by atoms with van der Waals surface area (Å²) in [5.74, 6) is 1.55. The molecule has 4 aromatic carbocycles. The van der Waals surface area contributed by atoms with Crippen LogP contribution >= 0.6 is 11.6 Å². The molecule has 0 aliphatic carbocycles. The highest BCUT2D eigenvalue weighted by Crippen LogP contribution is 2.25. The molecule has 0 unspecified atom stereocenters. The third kappa shape index (κ3) is 5.16. The SMILES string of the molecule is COc1ccccc1CN/N=C\c1cc(Cl)ccc1OCc1cccc2ccccc12. The van der Waals surface area contributed by atoms with Gasteiger partial charge in [-0.15, -0.1) is 0 Å². The normalized spacial score (nSPS) is 11.0. The summed E-state index contributed by atoms with van der Waals surface area (Å²) >= 11 is 6.21. The van der Waals surface area contributed by atoms with E-state index in [0.29, 0.717) is 18.2 Å². The second-order valence-corrected chi connectivity index (χ2v) is 7.45. The molecular formula is C26H23ClN2O2. The van der Waals surface area contributed by atoms with Crippen LogP contribution in [0.15, 0.2) is 90.0 Å². The third-order valence-corrected chi connectivity index (χ3v) is 5.23. The Labute approximate surface area is 187 Å². The van der Waals surface area contributed by atoms with Gasteiger partial charge in [0.2, 0.25) is 0 Å². The van der Waals surface area contributed by atoms with Gasteiger partial charge in [-0.3, -0.25) is 0 Å². The zero-order chi connectivity index (χ0) is 21.5. The molecule has 0 saturated heterocycles. The van der Waals surface area contributed by atoms with Gasteiger partial charge in [-0.2, -0.15) is 5.10 Å². The molecule has 0 atom stereocenters. The molecule has 0 aliphatic rings. The first-order valence-electron chi connectivity index (χ1n) is 10.0. The Morgan fingerprint density at radius 3 is 2.55 bits per heavy atom. The van der Waals surface area contributed by atoms with Crippen LogP contribution in [0.4, 0.5) is 0 Å². The Morgan fingerprint density at radius 2 is 1.65 bits per heavy atom. The lowest BCUT2D eigenvalue weighted by Gasteiger charge is -2.12. The van der Waals surface area contributed by atoms with Crippen molar-refractivity contribution in [3.8, 4) is 11.5 Å². The maximum Gasteiger partial charge on any atom is 0.128 e. The van der Waals surface area contributed by atoms with Crippen LogP contribution in [0.25, 0.3) is 10.8 Å². The molecule has 0 heterocycles. The molecule has 5 heteroatoms. The number of hydrazone groups is 1. The lowest BCUT2D eigenvalue weighted by Crippen LogP contribution is -2.07. The van der Waals surface area contributed by atoms with Gasteiger partial charge in [-0.25, -0.2) is 0 Å². The van der Waals surface area contributed by atoms with Crippen LogP contribution in [-0.2, 0) is 13.2 Å². The second-order valence-electron chi connectivity index (χ2n) is 7.01. The first kappa shape index (κ1) is 20.8. The predicted molar refractivity (Wildman–Crippen MR) is 127 cm³/mol. The highest BCUT2D eigenvalue weighted by Gasteiger charge is 2.06. The number of rotatable bonds is 8. The monoisotopic (exact) mass is 430 g/mol. The molecular weight excluding hydrogens is 408 g/mol. The molecule has 1 N–H and O–H groups in total. The van der Waals surface area contributed by atoms with E-state index in [1.807, 2.05) is 60.7 Å². The Morgan fingerprint density at radius 1 is 0.871 bits per heavy atom. The van der Waals surface area contributed by atoms with E-state index < -0.39 is 0 Å². The number of fused-ring (bicyclic) bond motifs is 1. The summed E-state index contributed by atoms with van der Waals surface area (Å²) in [5, 5.41) is 7.36. The summed E-state index contributed by atoms with van der Waals surface area (Å²) < 4.78 is 11.5. The molecule has 4 rings (SSSR count). The van der Waals surface area contributed by atoms with Crippen LogP contribution in [0.2, 0.25) is 5.02 Å². The van der Waals surface area contributed by atoms with E-state index in [0.717, 1.165) is 28.2 Å². The van der Waals surface area contributed by atoms with E-state index in [9.17, 15) is 0 Å². The van der Waals surface area contributed by atoms with Gasteiger partial charge in [0.1, 0.15) is 18.1 Å². The average molecular weight is 431 g/mol. The minimum Gasteiger partial charge on any atom is -0.496 e. The number of hydrogen-bond acceptors (Lipinski definition) is 4. The van der Waals surface area contributed by atoms with Gasteiger partial charge in [-0.05, 0) is 40.6 Å². The maximum absolute atomic E-state index is 6.21. The van der Waals surface area contributed by atoms with Gasteiger partial charge in [0.25, 0.3) is 0 Å². The van der Waals surface area contributed by atoms with Crippen molar-refractivity contribution in [3.05, 3.63) is 107 Å². The van der Waals surface area contributed by atoms with Gasteiger partial charge in [-0.1, -0.05) is 72.3 Å². The molecule has 0 bridgehead atoms.